The third-order valence-corrected chi connectivity index (χ3v) is 4.34. The van der Waals surface area contributed by atoms with E-state index in [0.717, 1.165) is 45.5 Å². The lowest BCUT2D eigenvalue weighted by molar-refractivity contribution is 0.411. The van der Waals surface area contributed by atoms with Gasteiger partial charge in [0.1, 0.15) is 28.9 Å². The van der Waals surface area contributed by atoms with E-state index < -0.39 is 0 Å². The molecule has 0 atom stereocenters. The Morgan fingerprint density at radius 2 is 1.79 bits per heavy atom. The number of ether oxygens (including phenoxy) is 1. The van der Waals surface area contributed by atoms with Gasteiger partial charge in [-0.05, 0) is 57.9 Å². The summed E-state index contributed by atoms with van der Waals surface area (Å²) in [6.45, 7) is 10.4. The second-order valence-electron chi connectivity index (χ2n) is 5.95. The van der Waals surface area contributed by atoms with Crippen LogP contribution in [-0.4, -0.2) is 26.9 Å². The van der Waals surface area contributed by atoms with Crippen molar-refractivity contribution in [3.63, 3.8) is 0 Å². The van der Waals surface area contributed by atoms with Gasteiger partial charge in [-0.25, -0.2) is 14.6 Å². The van der Waals surface area contributed by atoms with Gasteiger partial charge in [0.15, 0.2) is 0 Å². The van der Waals surface area contributed by atoms with Crippen LogP contribution in [0.15, 0.2) is 16.5 Å². The number of hydrogen-bond donors (Lipinski definition) is 0. The Hall–Kier alpha value is -2.63. The number of nitrogens with zero attached hydrogens (tertiary/aromatic N) is 4. The van der Waals surface area contributed by atoms with E-state index in [2.05, 4.69) is 22.0 Å². The minimum absolute atomic E-state index is 0.552. The van der Waals surface area contributed by atoms with Crippen molar-refractivity contribution < 1.29 is 9.15 Å². The van der Waals surface area contributed by atoms with Crippen molar-refractivity contribution in [3.05, 3.63) is 46.4 Å². The molecule has 0 amide bonds. The second-order valence-corrected chi connectivity index (χ2v) is 5.95. The predicted octanol–water partition coefficient (Wildman–Crippen LogP) is 3.53. The van der Waals surface area contributed by atoms with Gasteiger partial charge in [-0.15, -0.1) is 0 Å². The Kier molecular flexibility index (Phi) is 4.13. The van der Waals surface area contributed by atoms with Gasteiger partial charge in [-0.3, -0.25) is 0 Å². The first-order chi connectivity index (χ1) is 11.4. The van der Waals surface area contributed by atoms with Gasteiger partial charge in [0.2, 0.25) is 5.89 Å². The molecule has 126 valence electrons. The Bertz CT molecular complexity index is 893. The summed E-state index contributed by atoms with van der Waals surface area (Å²) in [4.78, 5) is 9.01. The molecule has 24 heavy (non-hydrogen) atoms. The molecule has 3 aromatic rings. The SMILES string of the molecule is COc1ccc(-c2nc(Cn3nc(C)nc3C)c(C)o2)c(C)c1C. The van der Waals surface area contributed by atoms with Gasteiger partial charge in [-0.2, -0.15) is 5.10 Å². The lowest BCUT2D eigenvalue weighted by atomic mass is 10.0. The third-order valence-electron chi connectivity index (χ3n) is 4.34. The van der Waals surface area contributed by atoms with Crippen LogP contribution < -0.4 is 4.74 Å². The lowest BCUT2D eigenvalue weighted by Crippen LogP contribution is -2.05. The monoisotopic (exact) mass is 326 g/mol. The summed E-state index contributed by atoms with van der Waals surface area (Å²) in [6.07, 6.45) is 0. The van der Waals surface area contributed by atoms with E-state index in [0.29, 0.717) is 12.4 Å². The second kappa shape index (κ2) is 6.11. The molecule has 0 saturated carbocycles. The molecular weight excluding hydrogens is 304 g/mol. The van der Waals surface area contributed by atoms with E-state index in [-0.39, 0.29) is 0 Å². The number of rotatable bonds is 4. The van der Waals surface area contributed by atoms with Crippen LogP contribution >= 0.6 is 0 Å². The first-order valence-electron chi connectivity index (χ1n) is 7.89. The molecule has 6 heteroatoms. The maximum Gasteiger partial charge on any atom is 0.226 e. The van der Waals surface area contributed by atoms with Crippen molar-refractivity contribution >= 4 is 0 Å². The summed E-state index contributed by atoms with van der Waals surface area (Å²) in [6, 6.07) is 3.93. The molecule has 0 spiro atoms. The summed E-state index contributed by atoms with van der Waals surface area (Å²) < 4.78 is 13.1. The molecule has 1 aromatic carbocycles. The molecule has 6 nitrogen and oxygen atoms in total. The molecule has 3 rings (SSSR count). The van der Waals surface area contributed by atoms with Gasteiger partial charge >= 0.3 is 0 Å². The highest BCUT2D eigenvalue weighted by molar-refractivity contribution is 5.63. The van der Waals surface area contributed by atoms with Crippen LogP contribution in [0.4, 0.5) is 0 Å². The Labute approximate surface area is 141 Å². The van der Waals surface area contributed by atoms with E-state index in [9.17, 15) is 0 Å². The van der Waals surface area contributed by atoms with Crippen LogP contribution in [-0.2, 0) is 6.54 Å². The maximum atomic E-state index is 5.92. The summed E-state index contributed by atoms with van der Waals surface area (Å²) >= 11 is 0. The number of aromatic nitrogens is 4. The summed E-state index contributed by atoms with van der Waals surface area (Å²) in [5, 5.41) is 4.39. The van der Waals surface area contributed by atoms with Gasteiger partial charge in [-0.1, -0.05) is 0 Å². The van der Waals surface area contributed by atoms with Crippen molar-refractivity contribution in [2.24, 2.45) is 0 Å². The number of oxazole rings is 1. The zero-order valence-corrected chi connectivity index (χ0v) is 15.0. The van der Waals surface area contributed by atoms with Gasteiger partial charge in [0.05, 0.1) is 13.7 Å². The number of hydrogen-bond acceptors (Lipinski definition) is 5. The molecule has 0 N–H and O–H groups in total. The fourth-order valence-corrected chi connectivity index (χ4v) is 2.79. The van der Waals surface area contributed by atoms with Crippen LogP contribution in [0.5, 0.6) is 5.75 Å². The zero-order valence-electron chi connectivity index (χ0n) is 15.0. The molecule has 0 aliphatic carbocycles. The molecule has 0 unspecified atom stereocenters. The topological polar surface area (TPSA) is 66.0 Å². The minimum Gasteiger partial charge on any atom is -0.496 e. The standard InChI is InChI=1S/C18H22N4O2/c1-10-11(2)17(23-6)8-7-15(10)18-20-16(12(3)24-18)9-22-14(5)19-13(4)21-22/h7-8H,9H2,1-6H3. The van der Waals surface area contributed by atoms with E-state index in [1.165, 1.54) is 0 Å². The van der Waals surface area contributed by atoms with E-state index >= 15 is 0 Å². The average Bonchev–Trinajstić information content (AvgIpc) is 3.05. The molecule has 0 radical (unpaired) electrons. The van der Waals surface area contributed by atoms with Crippen molar-refractivity contribution in [2.45, 2.75) is 41.2 Å². The van der Waals surface area contributed by atoms with Crippen LogP contribution in [0, 0.1) is 34.6 Å². The highest BCUT2D eigenvalue weighted by atomic mass is 16.5. The first-order valence-corrected chi connectivity index (χ1v) is 7.89. The molecule has 2 heterocycles. The molecule has 0 aliphatic heterocycles. The van der Waals surface area contributed by atoms with Gasteiger partial charge in [0.25, 0.3) is 0 Å². The lowest BCUT2D eigenvalue weighted by Gasteiger charge is -2.10. The largest absolute Gasteiger partial charge is 0.496 e. The fourth-order valence-electron chi connectivity index (χ4n) is 2.79. The minimum atomic E-state index is 0.552. The fraction of sp³-hybridized carbons (Fsp3) is 0.389. The Morgan fingerprint density at radius 1 is 1.04 bits per heavy atom. The molecular formula is C18H22N4O2. The number of methoxy groups -OCH3 is 1. The van der Waals surface area contributed by atoms with Gasteiger partial charge in [0, 0.05) is 5.56 Å². The number of benzene rings is 1. The zero-order chi connectivity index (χ0) is 17.4. The predicted molar refractivity (Wildman–Crippen MR) is 91.3 cm³/mol. The summed E-state index contributed by atoms with van der Waals surface area (Å²) in [5.41, 5.74) is 4.05. The Morgan fingerprint density at radius 3 is 2.42 bits per heavy atom. The van der Waals surface area contributed by atoms with E-state index in [1.807, 2.05) is 44.5 Å². The van der Waals surface area contributed by atoms with E-state index in [1.54, 1.807) is 7.11 Å². The third kappa shape index (κ3) is 2.79. The smallest absolute Gasteiger partial charge is 0.226 e. The Balaban J connectivity index is 1.97. The molecule has 0 aliphatic rings. The van der Waals surface area contributed by atoms with E-state index in [4.69, 9.17) is 9.15 Å². The normalized spacial score (nSPS) is 11.1. The van der Waals surface area contributed by atoms with Crippen molar-refractivity contribution in [2.75, 3.05) is 7.11 Å². The maximum absolute atomic E-state index is 5.92. The van der Waals surface area contributed by atoms with Crippen LogP contribution in [0.2, 0.25) is 0 Å². The molecule has 0 fully saturated rings. The van der Waals surface area contributed by atoms with Crippen LogP contribution in [0.1, 0.15) is 34.2 Å². The highest BCUT2D eigenvalue weighted by Gasteiger charge is 2.17. The molecule has 0 saturated heterocycles. The summed E-state index contributed by atoms with van der Waals surface area (Å²) in [7, 11) is 1.68. The van der Waals surface area contributed by atoms with Crippen molar-refractivity contribution in [3.8, 4) is 17.2 Å². The van der Waals surface area contributed by atoms with Gasteiger partial charge < -0.3 is 9.15 Å². The highest BCUT2D eigenvalue weighted by Crippen LogP contribution is 2.31. The number of aryl methyl sites for hydroxylation is 3. The van der Waals surface area contributed by atoms with Crippen molar-refractivity contribution in [1.29, 1.82) is 0 Å². The first kappa shape index (κ1) is 16.2. The average molecular weight is 326 g/mol. The molecule has 0 bridgehead atoms. The molecule has 2 aromatic heterocycles. The quantitative estimate of drug-likeness (QED) is 0.734. The van der Waals surface area contributed by atoms with Crippen LogP contribution in [0.3, 0.4) is 0 Å². The summed E-state index contributed by atoms with van der Waals surface area (Å²) in [5.74, 6) is 3.92. The van der Waals surface area contributed by atoms with Crippen molar-refractivity contribution in [1.82, 2.24) is 19.7 Å². The van der Waals surface area contributed by atoms with Crippen LogP contribution in [0.25, 0.3) is 11.5 Å².